The summed E-state index contributed by atoms with van der Waals surface area (Å²) in [5.74, 6) is 1.11. The van der Waals surface area contributed by atoms with Crippen LogP contribution in [0.5, 0.6) is 23.0 Å². The molecule has 0 aliphatic heterocycles. The number of hydrogen-bond donors (Lipinski definition) is 1. The highest BCUT2D eigenvalue weighted by Crippen LogP contribution is 2.29. The van der Waals surface area contributed by atoms with Gasteiger partial charge in [-0.25, -0.2) is 10.2 Å². The minimum absolute atomic E-state index is 0.276. The summed E-state index contributed by atoms with van der Waals surface area (Å²) >= 11 is 0. The van der Waals surface area contributed by atoms with Crippen molar-refractivity contribution in [3.05, 3.63) is 96.1 Å². The molecule has 0 aliphatic rings. The van der Waals surface area contributed by atoms with Crippen LogP contribution in [0.1, 0.15) is 46.5 Å². The van der Waals surface area contributed by atoms with Crippen molar-refractivity contribution < 1.29 is 28.5 Å². The number of rotatable bonds is 13. The molecule has 0 radical (unpaired) electrons. The first-order valence-electron chi connectivity index (χ1n) is 11.9. The number of amides is 1. The number of carbonyl (C=O) groups is 2. The fraction of sp³-hybridized carbons (Fsp3) is 0.207. The van der Waals surface area contributed by atoms with E-state index in [1.54, 1.807) is 72.8 Å². The molecule has 0 unspecified atom stereocenters. The Hall–Kier alpha value is -4.59. The van der Waals surface area contributed by atoms with Crippen molar-refractivity contribution in [3.8, 4) is 23.0 Å². The Kier molecular flexibility index (Phi) is 10.3. The van der Waals surface area contributed by atoms with Crippen LogP contribution in [0.4, 0.5) is 0 Å². The van der Waals surface area contributed by atoms with Crippen LogP contribution in [0.25, 0.3) is 0 Å². The van der Waals surface area contributed by atoms with Gasteiger partial charge >= 0.3 is 5.97 Å². The van der Waals surface area contributed by atoms with Gasteiger partial charge in [-0.2, -0.15) is 5.10 Å². The molecule has 0 fully saturated rings. The van der Waals surface area contributed by atoms with Gasteiger partial charge in [-0.1, -0.05) is 19.6 Å². The molecule has 1 amide bonds. The van der Waals surface area contributed by atoms with Gasteiger partial charge in [-0.05, 0) is 85.6 Å². The summed E-state index contributed by atoms with van der Waals surface area (Å²) in [5.41, 5.74) is 3.96. The summed E-state index contributed by atoms with van der Waals surface area (Å²) in [4.78, 5) is 25.0. The summed E-state index contributed by atoms with van der Waals surface area (Å²) in [7, 11) is 0. The zero-order valence-electron chi connectivity index (χ0n) is 20.9. The van der Waals surface area contributed by atoms with E-state index in [4.69, 9.17) is 18.9 Å². The molecule has 192 valence electrons. The van der Waals surface area contributed by atoms with Crippen LogP contribution in [0.2, 0.25) is 0 Å². The van der Waals surface area contributed by atoms with Crippen molar-refractivity contribution >= 4 is 18.1 Å². The minimum Gasteiger partial charge on any atom is -0.494 e. The molecule has 0 atom stereocenters. The number of carbonyl (C=O) groups excluding carboxylic acids is 2. The maximum absolute atomic E-state index is 12.6. The van der Waals surface area contributed by atoms with E-state index in [0.29, 0.717) is 53.8 Å². The highest BCUT2D eigenvalue weighted by Gasteiger charge is 2.14. The Morgan fingerprint density at radius 1 is 0.865 bits per heavy atom. The van der Waals surface area contributed by atoms with E-state index >= 15 is 0 Å². The summed E-state index contributed by atoms with van der Waals surface area (Å²) in [5, 5.41) is 4.01. The number of hydrazone groups is 1. The molecular weight excluding hydrogens is 472 g/mol. The zero-order valence-corrected chi connectivity index (χ0v) is 20.9. The van der Waals surface area contributed by atoms with Crippen LogP contribution in [0.3, 0.4) is 0 Å². The summed E-state index contributed by atoms with van der Waals surface area (Å²) in [6.07, 6.45) is 4.02. The quantitative estimate of drug-likeness (QED) is 0.110. The van der Waals surface area contributed by atoms with Crippen LogP contribution >= 0.6 is 0 Å². The lowest BCUT2D eigenvalue weighted by Crippen LogP contribution is -2.17. The molecule has 0 heterocycles. The standard InChI is InChI=1S/C29H30N2O6/c1-4-17-35-24-12-8-22(9-13-24)28(32)31-30-20-21-7-16-26(27(19-21)34-6-3)37-29(33)23-10-14-25(15-11-23)36-18-5-2/h4,7-16,19-20H,1,5-6,17-18H2,2-3H3,(H,31,32)/b30-20+. The van der Waals surface area contributed by atoms with E-state index in [9.17, 15) is 9.59 Å². The molecular formula is C29H30N2O6. The van der Waals surface area contributed by atoms with E-state index in [0.717, 1.165) is 6.42 Å². The van der Waals surface area contributed by atoms with Gasteiger partial charge in [0.05, 0.1) is 25.0 Å². The SMILES string of the molecule is C=CCOc1ccc(C(=O)N/N=C/c2ccc(OC(=O)c3ccc(OCCC)cc3)c(OCC)c2)cc1. The molecule has 0 bridgehead atoms. The summed E-state index contributed by atoms with van der Waals surface area (Å²) in [6, 6.07) is 18.4. The fourth-order valence-electron chi connectivity index (χ4n) is 3.11. The Balaban J connectivity index is 1.62. The second-order valence-electron chi connectivity index (χ2n) is 7.72. The number of benzene rings is 3. The van der Waals surface area contributed by atoms with Gasteiger partial charge in [0.2, 0.25) is 0 Å². The molecule has 1 N–H and O–H groups in total. The van der Waals surface area contributed by atoms with Crippen molar-refractivity contribution in [1.29, 1.82) is 0 Å². The van der Waals surface area contributed by atoms with Gasteiger partial charge in [0, 0.05) is 5.56 Å². The molecule has 8 heteroatoms. The maximum Gasteiger partial charge on any atom is 0.343 e. The van der Waals surface area contributed by atoms with E-state index in [2.05, 4.69) is 17.1 Å². The predicted octanol–water partition coefficient (Wildman–Crippen LogP) is 5.42. The highest BCUT2D eigenvalue weighted by molar-refractivity contribution is 5.95. The van der Waals surface area contributed by atoms with E-state index < -0.39 is 5.97 Å². The Labute approximate surface area is 216 Å². The van der Waals surface area contributed by atoms with Crippen molar-refractivity contribution in [1.82, 2.24) is 5.43 Å². The van der Waals surface area contributed by atoms with Crippen LogP contribution in [0.15, 0.2) is 84.5 Å². The summed E-state index contributed by atoms with van der Waals surface area (Å²) < 4.78 is 22.2. The molecule has 8 nitrogen and oxygen atoms in total. The third-order valence-corrected chi connectivity index (χ3v) is 4.90. The molecule has 37 heavy (non-hydrogen) atoms. The molecule has 3 rings (SSSR count). The van der Waals surface area contributed by atoms with Crippen LogP contribution in [-0.2, 0) is 0 Å². The minimum atomic E-state index is -0.516. The van der Waals surface area contributed by atoms with Gasteiger partial charge < -0.3 is 18.9 Å². The average molecular weight is 503 g/mol. The first-order chi connectivity index (χ1) is 18.0. The van der Waals surface area contributed by atoms with E-state index in [-0.39, 0.29) is 11.7 Å². The largest absolute Gasteiger partial charge is 0.494 e. The Morgan fingerprint density at radius 3 is 2.19 bits per heavy atom. The van der Waals surface area contributed by atoms with Crippen LogP contribution < -0.4 is 24.4 Å². The van der Waals surface area contributed by atoms with Crippen molar-refractivity contribution in [2.24, 2.45) is 5.10 Å². The van der Waals surface area contributed by atoms with Crippen molar-refractivity contribution in [3.63, 3.8) is 0 Å². The molecule has 0 aromatic heterocycles. The highest BCUT2D eigenvalue weighted by atomic mass is 16.6. The fourth-order valence-corrected chi connectivity index (χ4v) is 3.11. The summed E-state index contributed by atoms with van der Waals surface area (Å²) in [6.45, 7) is 8.82. The first-order valence-corrected chi connectivity index (χ1v) is 11.9. The van der Waals surface area contributed by atoms with Crippen molar-refractivity contribution in [2.45, 2.75) is 20.3 Å². The molecule has 0 spiro atoms. The Morgan fingerprint density at radius 2 is 1.54 bits per heavy atom. The number of ether oxygens (including phenoxy) is 4. The van der Waals surface area contributed by atoms with Crippen molar-refractivity contribution in [2.75, 3.05) is 19.8 Å². The van der Waals surface area contributed by atoms with Crippen LogP contribution in [-0.4, -0.2) is 37.9 Å². The zero-order chi connectivity index (χ0) is 26.5. The number of nitrogens with one attached hydrogen (secondary N) is 1. The average Bonchev–Trinajstić information content (AvgIpc) is 2.92. The second kappa shape index (κ2) is 14.1. The smallest absolute Gasteiger partial charge is 0.343 e. The van der Waals surface area contributed by atoms with E-state index in [1.807, 2.05) is 13.8 Å². The van der Waals surface area contributed by atoms with Gasteiger partial charge in [-0.15, -0.1) is 0 Å². The van der Waals surface area contributed by atoms with Gasteiger partial charge in [0.25, 0.3) is 5.91 Å². The number of nitrogens with zero attached hydrogens (tertiary/aromatic N) is 1. The monoisotopic (exact) mass is 502 g/mol. The third-order valence-electron chi connectivity index (χ3n) is 4.90. The van der Waals surface area contributed by atoms with Crippen LogP contribution in [0, 0.1) is 0 Å². The molecule has 3 aromatic carbocycles. The lowest BCUT2D eigenvalue weighted by Gasteiger charge is -2.12. The molecule has 0 aliphatic carbocycles. The number of hydrogen-bond acceptors (Lipinski definition) is 7. The first kappa shape index (κ1) is 27.0. The van der Waals surface area contributed by atoms with E-state index in [1.165, 1.54) is 6.21 Å². The van der Waals surface area contributed by atoms with Gasteiger partial charge in [0.15, 0.2) is 11.5 Å². The molecule has 0 saturated heterocycles. The van der Waals surface area contributed by atoms with Gasteiger partial charge in [-0.3, -0.25) is 4.79 Å². The molecule has 0 saturated carbocycles. The third kappa shape index (κ3) is 8.24. The number of esters is 1. The topological polar surface area (TPSA) is 95.5 Å². The lowest BCUT2D eigenvalue weighted by atomic mass is 10.2. The normalized spacial score (nSPS) is 10.5. The molecule has 3 aromatic rings. The lowest BCUT2D eigenvalue weighted by molar-refractivity contribution is 0.0728. The predicted molar refractivity (Wildman–Crippen MR) is 142 cm³/mol. The van der Waals surface area contributed by atoms with Gasteiger partial charge in [0.1, 0.15) is 18.1 Å². The maximum atomic E-state index is 12.6. The Bertz CT molecular complexity index is 1220. The second-order valence-corrected chi connectivity index (χ2v) is 7.72.